The van der Waals surface area contributed by atoms with Crippen LogP contribution in [-0.2, 0) is 19.1 Å². The van der Waals surface area contributed by atoms with E-state index in [1.165, 1.54) is 0 Å². The molecule has 0 heterocycles. The summed E-state index contributed by atoms with van der Waals surface area (Å²) >= 11 is 9.83. The number of carbonyl (C=O) groups is 2. The number of hydrogen-bond acceptors (Lipinski definition) is 7. The topological polar surface area (TPSA) is 52.6 Å². The lowest BCUT2D eigenvalue weighted by atomic mass is 10.1. The number of rotatable bonds is 12. The Morgan fingerprint density at radius 2 is 1.17 bits per heavy atom. The molecule has 23 heavy (non-hydrogen) atoms. The fourth-order valence-electron chi connectivity index (χ4n) is 1.74. The van der Waals surface area contributed by atoms with Gasteiger partial charge in [-0.05, 0) is 52.0 Å². The Balaban J connectivity index is 3.94. The van der Waals surface area contributed by atoms with Crippen LogP contribution in [0.3, 0.4) is 0 Å². The van der Waals surface area contributed by atoms with Crippen molar-refractivity contribution < 1.29 is 19.1 Å². The lowest BCUT2D eigenvalue weighted by molar-refractivity contribution is -0.157. The van der Waals surface area contributed by atoms with E-state index in [1.54, 1.807) is 11.8 Å². The van der Waals surface area contributed by atoms with Gasteiger partial charge >= 0.3 is 11.9 Å². The second-order valence-corrected chi connectivity index (χ2v) is 8.65. The quantitative estimate of drug-likeness (QED) is 0.306. The molecule has 7 heteroatoms. The molecular weight excluding hydrogens is 352 g/mol. The van der Waals surface area contributed by atoms with E-state index >= 15 is 0 Å². The minimum atomic E-state index is -0.457. The monoisotopic (exact) mass is 382 g/mol. The summed E-state index contributed by atoms with van der Waals surface area (Å²) in [6.07, 6.45) is 2.25. The van der Waals surface area contributed by atoms with Gasteiger partial charge in [-0.15, -0.1) is 0 Å². The Morgan fingerprint density at radius 1 is 0.826 bits per heavy atom. The molecule has 0 unspecified atom stereocenters. The second kappa shape index (κ2) is 11.5. The van der Waals surface area contributed by atoms with Crippen molar-refractivity contribution >= 4 is 49.0 Å². The summed E-state index contributed by atoms with van der Waals surface area (Å²) in [7, 11) is 0. The third kappa shape index (κ3) is 13.0. The van der Waals surface area contributed by atoms with Gasteiger partial charge in [0.25, 0.3) is 0 Å². The highest BCUT2D eigenvalue weighted by atomic mass is 32.2. The van der Waals surface area contributed by atoms with E-state index in [0.29, 0.717) is 24.3 Å². The SMILES string of the molecule is CC(C)(CCSCCC(C)(C)OC(=O)CCS)OC(=O)CCS. The number of esters is 2. The first-order valence-electron chi connectivity index (χ1n) is 7.85. The van der Waals surface area contributed by atoms with Crippen LogP contribution in [0.5, 0.6) is 0 Å². The number of thioether (sulfide) groups is 1. The summed E-state index contributed by atoms with van der Waals surface area (Å²) in [6.45, 7) is 7.70. The predicted molar refractivity (Wildman–Crippen MR) is 104 cm³/mol. The first-order chi connectivity index (χ1) is 10.6. The Hall–Kier alpha value is -0.0100. The van der Waals surface area contributed by atoms with Gasteiger partial charge in [0.1, 0.15) is 11.2 Å². The molecule has 0 aromatic heterocycles. The first kappa shape index (κ1) is 23.0. The van der Waals surface area contributed by atoms with Crippen LogP contribution in [0.25, 0.3) is 0 Å². The Kier molecular flexibility index (Phi) is 11.5. The number of thiol groups is 2. The summed E-state index contributed by atoms with van der Waals surface area (Å²) in [5.74, 6) is 2.39. The van der Waals surface area contributed by atoms with E-state index < -0.39 is 11.2 Å². The summed E-state index contributed by atoms with van der Waals surface area (Å²) in [5, 5.41) is 0. The van der Waals surface area contributed by atoms with Crippen LogP contribution < -0.4 is 0 Å². The van der Waals surface area contributed by atoms with Crippen LogP contribution in [0.4, 0.5) is 0 Å². The zero-order valence-corrected chi connectivity index (χ0v) is 17.2. The maximum absolute atomic E-state index is 11.5. The molecule has 0 atom stereocenters. The zero-order chi connectivity index (χ0) is 17.9. The highest BCUT2D eigenvalue weighted by molar-refractivity contribution is 7.99. The van der Waals surface area contributed by atoms with Gasteiger partial charge in [-0.3, -0.25) is 9.59 Å². The number of carbonyl (C=O) groups excluding carboxylic acids is 2. The van der Waals surface area contributed by atoms with E-state index in [-0.39, 0.29) is 11.9 Å². The van der Waals surface area contributed by atoms with Gasteiger partial charge in [0.2, 0.25) is 0 Å². The fourth-order valence-corrected chi connectivity index (χ4v) is 3.58. The van der Waals surface area contributed by atoms with Crippen molar-refractivity contribution in [2.75, 3.05) is 23.0 Å². The standard InChI is InChI=1S/C16H30O4S3/c1-15(2,19-13(17)5-9-21)7-11-23-12-8-16(3,4)20-14(18)6-10-22/h21-22H,5-12H2,1-4H3. The lowest BCUT2D eigenvalue weighted by Crippen LogP contribution is -2.30. The van der Waals surface area contributed by atoms with E-state index in [2.05, 4.69) is 25.3 Å². The van der Waals surface area contributed by atoms with Crippen molar-refractivity contribution in [1.82, 2.24) is 0 Å². The van der Waals surface area contributed by atoms with Crippen LogP contribution in [-0.4, -0.2) is 46.2 Å². The molecule has 4 nitrogen and oxygen atoms in total. The third-order valence-corrected chi connectivity index (χ3v) is 4.54. The molecule has 0 radical (unpaired) electrons. The molecule has 0 saturated carbocycles. The van der Waals surface area contributed by atoms with Crippen LogP contribution in [0.2, 0.25) is 0 Å². The first-order valence-corrected chi connectivity index (χ1v) is 10.3. The summed E-state index contributed by atoms with van der Waals surface area (Å²) in [5.41, 5.74) is -0.914. The zero-order valence-electron chi connectivity index (χ0n) is 14.6. The molecule has 0 aromatic carbocycles. The van der Waals surface area contributed by atoms with Crippen molar-refractivity contribution in [3.63, 3.8) is 0 Å². The fraction of sp³-hybridized carbons (Fsp3) is 0.875. The van der Waals surface area contributed by atoms with E-state index in [4.69, 9.17) is 9.47 Å². The molecule has 0 bridgehead atoms. The minimum absolute atomic E-state index is 0.202. The van der Waals surface area contributed by atoms with Gasteiger partial charge in [-0.2, -0.15) is 37.0 Å². The van der Waals surface area contributed by atoms with Gasteiger partial charge in [-0.25, -0.2) is 0 Å². The van der Waals surface area contributed by atoms with Crippen molar-refractivity contribution in [2.45, 2.75) is 64.6 Å². The van der Waals surface area contributed by atoms with Crippen molar-refractivity contribution in [3.05, 3.63) is 0 Å². The molecule has 0 N–H and O–H groups in total. The summed E-state index contributed by atoms with van der Waals surface area (Å²) in [6, 6.07) is 0. The smallest absolute Gasteiger partial charge is 0.307 e. The van der Waals surface area contributed by atoms with Crippen LogP contribution in [0.1, 0.15) is 53.4 Å². The van der Waals surface area contributed by atoms with Crippen LogP contribution >= 0.6 is 37.0 Å². The number of hydrogen-bond donors (Lipinski definition) is 2. The van der Waals surface area contributed by atoms with Crippen molar-refractivity contribution in [2.24, 2.45) is 0 Å². The largest absolute Gasteiger partial charge is 0.460 e. The molecule has 0 aliphatic rings. The Bertz CT molecular complexity index is 336. The van der Waals surface area contributed by atoms with Crippen molar-refractivity contribution in [1.29, 1.82) is 0 Å². The van der Waals surface area contributed by atoms with Gasteiger partial charge in [0, 0.05) is 11.5 Å². The average molecular weight is 383 g/mol. The normalized spacial score (nSPS) is 12.1. The van der Waals surface area contributed by atoms with Gasteiger partial charge in [0.15, 0.2) is 0 Å². The molecule has 0 amide bonds. The third-order valence-electron chi connectivity index (χ3n) is 3.11. The minimum Gasteiger partial charge on any atom is -0.460 e. The highest BCUT2D eigenvalue weighted by Crippen LogP contribution is 2.22. The maximum atomic E-state index is 11.5. The molecule has 0 aliphatic carbocycles. The highest BCUT2D eigenvalue weighted by Gasteiger charge is 2.24. The van der Waals surface area contributed by atoms with Gasteiger partial charge in [-0.1, -0.05) is 0 Å². The maximum Gasteiger partial charge on any atom is 0.307 e. The number of ether oxygens (including phenoxy) is 2. The molecular formula is C16H30O4S3. The van der Waals surface area contributed by atoms with Crippen LogP contribution in [0.15, 0.2) is 0 Å². The molecule has 0 rings (SSSR count). The summed E-state index contributed by atoms with van der Waals surface area (Å²) in [4.78, 5) is 23.0. The molecule has 0 aliphatic heterocycles. The van der Waals surface area contributed by atoms with Crippen molar-refractivity contribution in [3.8, 4) is 0 Å². The average Bonchev–Trinajstić information content (AvgIpc) is 2.36. The van der Waals surface area contributed by atoms with Gasteiger partial charge < -0.3 is 9.47 Å². The molecule has 0 aromatic rings. The second-order valence-electron chi connectivity index (χ2n) is 6.53. The van der Waals surface area contributed by atoms with E-state index in [0.717, 1.165) is 24.3 Å². The molecule has 136 valence electrons. The molecule has 0 spiro atoms. The van der Waals surface area contributed by atoms with Gasteiger partial charge in [0.05, 0.1) is 12.8 Å². The Labute approximate surface area is 155 Å². The van der Waals surface area contributed by atoms with E-state index in [1.807, 2.05) is 27.7 Å². The lowest BCUT2D eigenvalue weighted by Gasteiger charge is -2.26. The molecule has 0 fully saturated rings. The van der Waals surface area contributed by atoms with Crippen LogP contribution in [0, 0.1) is 0 Å². The Morgan fingerprint density at radius 3 is 1.48 bits per heavy atom. The predicted octanol–water partition coefficient (Wildman–Crippen LogP) is 3.78. The molecule has 0 saturated heterocycles. The summed E-state index contributed by atoms with van der Waals surface area (Å²) < 4.78 is 10.9. The van der Waals surface area contributed by atoms with E-state index in [9.17, 15) is 9.59 Å².